The van der Waals surface area contributed by atoms with Crippen molar-refractivity contribution in [3.8, 4) is 0 Å². The molecular formula is C8H8BF3N3S-. The predicted octanol–water partition coefficient (Wildman–Crippen LogP) is 4.15. The normalized spacial score (nSPS) is 11.1. The van der Waals surface area contributed by atoms with Gasteiger partial charge in [0.1, 0.15) is 0 Å². The number of azide groups is 1. The highest BCUT2D eigenvalue weighted by atomic mass is 32.1. The van der Waals surface area contributed by atoms with Crippen molar-refractivity contribution < 1.29 is 12.9 Å². The lowest BCUT2D eigenvalue weighted by atomic mass is 9.81. The number of thiol groups is 1. The molecular weight excluding hydrogens is 238 g/mol. The fraction of sp³-hybridized carbons (Fsp3) is 0.250. The van der Waals surface area contributed by atoms with Crippen LogP contribution in [0.2, 0.25) is 0 Å². The molecule has 0 amide bonds. The average Bonchev–Trinajstić information content (AvgIpc) is 2.11. The summed E-state index contributed by atoms with van der Waals surface area (Å²) in [4.78, 5) is 2.95. The third kappa shape index (κ3) is 3.39. The second kappa shape index (κ2) is 4.72. The fourth-order valence-corrected chi connectivity index (χ4v) is 1.56. The predicted molar refractivity (Wildman–Crippen MR) is 60.0 cm³/mol. The van der Waals surface area contributed by atoms with Gasteiger partial charge in [-0.3, -0.25) is 0 Å². The lowest BCUT2D eigenvalue weighted by molar-refractivity contribution is 0.468. The van der Waals surface area contributed by atoms with Gasteiger partial charge in [-0.1, -0.05) is 23.1 Å². The minimum absolute atomic E-state index is 0.0606. The monoisotopic (exact) mass is 246 g/mol. The molecule has 0 aromatic heterocycles. The molecule has 1 aromatic carbocycles. The number of hydrogen-bond donors (Lipinski definition) is 1. The SMILES string of the molecule is Cc1c(S)cc(C[B-](F)(F)F)cc1N=[N+]=[N-]. The summed E-state index contributed by atoms with van der Waals surface area (Å²) >= 11 is 4.04. The molecule has 0 radical (unpaired) electrons. The van der Waals surface area contributed by atoms with E-state index in [9.17, 15) is 12.9 Å². The van der Waals surface area contributed by atoms with Gasteiger partial charge in [0, 0.05) is 15.5 Å². The molecule has 0 bridgehead atoms. The average molecular weight is 246 g/mol. The maximum absolute atomic E-state index is 12.2. The zero-order valence-electron chi connectivity index (χ0n) is 8.36. The van der Waals surface area contributed by atoms with Gasteiger partial charge in [0.05, 0.1) is 0 Å². The molecule has 3 nitrogen and oxygen atoms in total. The second-order valence-electron chi connectivity index (χ2n) is 3.36. The first-order chi connectivity index (χ1) is 7.33. The van der Waals surface area contributed by atoms with E-state index in [1.165, 1.54) is 12.1 Å². The van der Waals surface area contributed by atoms with Gasteiger partial charge >= 0.3 is 6.98 Å². The molecule has 0 saturated carbocycles. The van der Waals surface area contributed by atoms with Gasteiger partial charge < -0.3 is 12.9 Å². The number of nitrogens with zero attached hydrogens (tertiary/aromatic N) is 3. The topological polar surface area (TPSA) is 48.8 Å². The Labute approximate surface area is 95.8 Å². The van der Waals surface area contributed by atoms with Crippen LogP contribution in [-0.2, 0) is 6.32 Å². The minimum atomic E-state index is -4.90. The van der Waals surface area contributed by atoms with Gasteiger partial charge in [0.15, 0.2) is 0 Å². The molecule has 16 heavy (non-hydrogen) atoms. The Bertz CT molecular complexity index is 455. The van der Waals surface area contributed by atoms with E-state index < -0.39 is 13.3 Å². The van der Waals surface area contributed by atoms with Crippen LogP contribution in [0.3, 0.4) is 0 Å². The van der Waals surface area contributed by atoms with Crippen molar-refractivity contribution in [2.45, 2.75) is 18.1 Å². The fourth-order valence-electron chi connectivity index (χ4n) is 1.28. The first kappa shape index (κ1) is 12.8. The molecule has 1 aromatic rings. The molecule has 0 unspecified atom stereocenters. The third-order valence-corrected chi connectivity index (χ3v) is 2.50. The van der Waals surface area contributed by atoms with E-state index in [4.69, 9.17) is 5.53 Å². The molecule has 86 valence electrons. The summed E-state index contributed by atoms with van der Waals surface area (Å²) in [5, 5.41) is 3.33. The van der Waals surface area contributed by atoms with E-state index in [0.29, 0.717) is 10.5 Å². The number of rotatable bonds is 3. The van der Waals surface area contributed by atoms with Crippen LogP contribution < -0.4 is 0 Å². The van der Waals surface area contributed by atoms with Crippen LogP contribution in [0.4, 0.5) is 18.6 Å². The number of benzene rings is 1. The number of halogens is 3. The van der Waals surface area contributed by atoms with Crippen LogP contribution in [-0.4, -0.2) is 6.98 Å². The van der Waals surface area contributed by atoms with E-state index in [-0.39, 0.29) is 11.3 Å². The summed E-state index contributed by atoms with van der Waals surface area (Å²) in [5.74, 6) is 0. The quantitative estimate of drug-likeness (QED) is 0.274. The lowest BCUT2D eigenvalue weighted by Gasteiger charge is -2.15. The maximum atomic E-state index is 12.2. The minimum Gasteiger partial charge on any atom is -0.449 e. The van der Waals surface area contributed by atoms with Crippen LogP contribution in [0.25, 0.3) is 10.4 Å². The van der Waals surface area contributed by atoms with Gasteiger partial charge in [-0.15, -0.1) is 12.6 Å². The summed E-state index contributed by atoms with van der Waals surface area (Å²) in [6.07, 6.45) is -0.998. The second-order valence-corrected chi connectivity index (χ2v) is 3.84. The zero-order valence-corrected chi connectivity index (χ0v) is 9.26. The molecule has 8 heteroatoms. The van der Waals surface area contributed by atoms with E-state index in [2.05, 4.69) is 22.7 Å². The van der Waals surface area contributed by atoms with E-state index in [0.717, 1.165) is 0 Å². The molecule has 0 aliphatic carbocycles. The van der Waals surface area contributed by atoms with Crippen LogP contribution in [0.1, 0.15) is 11.1 Å². The van der Waals surface area contributed by atoms with Crippen LogP contribution in [0.5, 0.6) is 0 Å². The van der Waals surface area contributed by atoms with Gasteiger partial charge in [-0.25, -0.2) is 0 Å². The zero-order chi connectivity index (χ0) is 12.3. The largest absolute Gasteiger partial charge is 0.482 e. The standard InChI is InChI=1S/C8H8BF3N3S/c1-5-7(14-15-13)2-6(3-8(5)16)4-9(10,11)12/h2-3,16H,4H2,1H3/q-1. The Morgan fingerprint density at radius 2 is 2.06 bits per heavy atom. The van der Waals surface area contributed by atoms with Crippen LogP contribution in [0, 0.1) is 6.92 Å². The first-order valence-electron chi connectivity index (χ1n) is 4.42. The molecule has 0 saturated heterocycles. The van der Waals surface area contributed by atoms with Crippen molar-refractivity contribution in [3.05, 3.63) is 33.7 Å². The lowest BCUT2D eigenvalue weighted by Crippen LogP contribution is -2.19. The van der Waals surface area contributed by atoms with Gasteiger partial charge in [-0.05, 0) is 24.1 Å². The van der Waals surface area contributed by atoms with Crippen molar-refractivity contribution in [3.63, 3.8) is 0 Å². The Morgan fingerprint density at radius 3 is 2.56 bits per heavy atom. The van der Waals surface area contributed by atoms with E-state index >= 15 is 0 Å². The summed E-state index contributed by atoms with van der Waals surface area (Å²) in [5.41, 5.74) is 9.09. The van der Waals surface area contributed by atoms with Gasteiger partial charge in [0.2, 0.25) is 0 Å². The molecule has 0 spiro atoms. The Morgan fingerprint density at radius 1 is 1.44 bits per heavy atom. The van der Waals surface area contributed by atoms with Gasteiger partial charge in [0.25, 0.3) is 0 Å². The van der Waals surface area contributed by atoms with E-state index in [1.807, 2.05) is 0 Å². The highest BCUT2D eigenvalue weighted by Gasteiger charge is 2.23. The van der Waals surface area contributed by atoms with Crippen molar-refractivity contribution in [2.24, 2.45) is 5.11 Å². The van der Waals surface area contributed by atoms with Gasteiger partial charge in [-0.2, -0.15) is 0 Å². The summed E-state index contributed by atoms with van der Waals surface area (Å²) < 4.78 is 36.7. The first-order valence-corrected chi connectivity index (χ1v) is 4.87. The molecule has 0 N–H and O–H groups in total. The molecule has 0 aliphatic heterocycles. The Balaban J connectivity index is 3.19. The smallest absolute Gasteiger partial charge is 0.449 e. The Kier molecular flexibility index (Phi) is 3.77. The number of hydrogen-bond acceptors (Lipinski definition) is 2. The Hall–Kier alpha value is -1.27. The summed E-state index contributed by atoms with van der Waals surface area (Å²) in [6, 6.07) is 2.58. The molecule has 1 rings (SSSR count). The van der Waals surface area contributed by atoms with Crippen LogP contribution in [0.15, 0.2) is 22.1 Å². The third-order valence-electron chi connectivity index (χ3n) is 2.03. The highest BCUT2D eigenvalue weighted by Crippen LogP contribution is 2.29. The van der Waals surface area contributed by atoms with Crippen LogP contribution >= 0.6 is 12.6 Å². The van der Waals surface area contributed by atoms with Crippen molar-refractivity contribution in [2.75, 3.05) is 0 Å². The molecule has 0 fully saturated rings. The van der Waals surface area contributed by atoms with Crippen molar-refractivity contribution >= 4 is 25.3 Å². The molecule has 0 heterocycles. The molecule has 0 aliphatic rings. The molecule has 0 atom stereocenters. The van der Waals surface area contributed by atoms with Crippen molar-refractivity contribution in [1.82, 2.24) is 0 Å². The maximum Gasteiger partial charge on any atom is 0.482 e. The summed E-state index contributed by atoms with van der Waals surface area (Å²) in [7, 11) is 0. The summed E-state index contributed by atoms with van der Waals surface area (Å²) in [6.45, 7) is -3.27. The highest BCUT2D eigenvalue weighted by molar-refractivity contribution is 7.80. The van der Waals surface area contributed by atoms with Crippen molar-refractivity contribution in [1.29, 1.82) is 0 Å². The van der Waals surface area contributed by atoms with E-state index in [1.54, 1.807) is 6.92 Å².